The van der Waals surface area contributed by atoms with Crippen LogP contribution in [0.2, 0.25) is 0 Å². The SMILES string of the molecule is COC1(C2CO2)C=CC(Cc2ccc3c(c2CC2=CCC(OC)(C4CO4)C=C2)Cc2ccccc2-3)=CC1. The van der Waals surface area contributed by atoms with Gasteiger partial charge in [0.2, 0.25) is 0 Å². The van der Waals surface area contributed by atoms with E-state index >= 15 is 0 Å². The van der Waals surface area contributed by atoms with Gasteiger partial charge in [0, 0.05) is 27.1 Å². The first-order valence-corrected chi connectivity index (χ1v) is 13.4. The molecule has 0 saturated carbocycles. The zero-order chi connectivity index (χ0) is 25.0. The smallest absolute Gasteiger partial charge is 0.118 e. The summed E-state index contributed by atoms with van der Waals surface area (Å²) < 4.78 is 23.0. The van der Waals surface area contributed by atoms with Crippen LogP contribution in [0.15, 0.2) is 84.0 Å². The molecular weight excluding hydrogens is 460 g/mol. The van der Waals surface area contributed by atoms with Gasteiger partial charge in [-0.25, -0.2) is 0 Å². The van der Waals surface area contributed by atoms with Gasteiger partial charge in [-0.1, -0.05) is 60.7 Å². The van der Waals surface area contributed by atoms with Crippen molar-refractivity contribution in [1.29, 1.82) is 0 Å². The van der Waals surface area contributed by atoms with Gasteiger partial charge in [-0.2, -0.15) is 0 Å². The van der Waals surface area contributed by atoms with Crippen LogP contribution in [0.4, 0.5) is 0 Å². The molecule has 2 aromatic rings. The topological polar surface area (TPSA) is 43.5 Å². The third kappa shape index (κ3) is 4.07. The summed E-state index contributed by atoms with van der Waals surface area (Å²) in [5.74, 6) is 0. The van der Waals surface area contributed by atoms with Gasteiger partial charge in [-0.3, -0.25) is 0 Å². The second kappa shape index (κ2) is 8.92. The molecule has 4 atom stereocenters. The number of methoxy groups -OCH3 is 2. The van der Waals surface area contributed by atoms with Crippen LogP contribution in [0.5, 0.6) is 0 Å². The van der Waals surface area contributed by atoms with E-state index in [1.165, 1.54) is 44.5 Å². The molecule has 0 spiro atoms. The van der Waals surface area contributed by atoms with Crippen LogP contribution in [0.25, 0.3) is 11.1 Å². The van der Waals surface area contributed by atoms with Crippen molar-refractivity contribution in [3.8, 4) is 11.1 Å². The number of epoxide rings is 2. The summed E-state index contributed by atoms with van der Waals surface area (Å²) in [6, 6.07) is 13.6. The quantitative estimate of drug-likeness (QED) is 0.378. The van der Waals surface area contributed by atoms with Crippen molar-refractivity contribution < 1.29 is 18.9 Å². The first kappa shape index (κ1) is 23.4. The van der Waals surface area contributed by atoms with Crippen molar-refractivity contribution >= 4 is 0 Å². The highest BCUT2D eigenvalue weighted by molar-refractivity contribution is 5.79. The second-order valence-electron chi connectivity index (χ2n) is 11.0. The van der Waals surface area contributed by atoms with Gasteiger partial charge in [0.25, 0.3) is 0 Å². The molecule has 0 N–H and O–H groups in total. The molecule has 2 fully saturated rings. The molecule has 0 radical (unpaired) electrons. The van der Waals surface area contributed by atoms with E-state index in [1.807, 2.05) is 0 Å². The Morgan fingerprint density at radius 3 is 1.97 bits per heavy atom. The fourth-order valence-corrected chi connectivity index (χ4v) is 6.45. The van der Waals surface area contributed by atoms with Crippen molar-refractivity contribution in [3.05, 3.63) is 106 Å². The van der Waals surface area contributed by atoms with Gasteiger partial charge in [0.05, 0.1) is 13.2 Å². The fraction of sp³-hybridized carbons (Fsp3) is 0.394. The highest BCUT2D eigenvalue weighted by Gasteiger charge is 2.46. The molecule has 4 unspecified atom stereocenters. The monoisotopic (exact) mass is 494 g/mol. The Balaban J connectivity index is 1.20. The minimum absolute atomic E-state index is 0.183. The molecule has 2 heterocycles. The molecular formula is C33H34O4. The van der Waals surface area contributed by atoms with E-state index in [0.29, 0.717) is 0 Å². The molecule has 5 aliphatic rings. The molecule has 4 nitrogen and oxygen atoms in total. The Morgan fingerprint density at radius 1 is 0.784 bits per heavy atom. The molecule has 4 heteroatoms. The molecule has 2 aromatic carbocycles. The Hall–Kier alpha value is -2.76. The van der Waals surface area contributed by atoms with Gasteiger partial charge in [0.1, 0.15) is 23.4 Å². The zero-order valence-electron chi connectivity index (χ0n) is 21.7. The number of allylic oxidation sites excluding steroid dienone is 4. The molecule has 37 heavy (non-hydrogen) atoms. The second-order valence-corrected chi connectivity index (χ2v) is 11.0. The van der Waals surface area contributed by atoms with E-state index in [4.69, 9.17) is 18.9 Å². The minimum atomic E-state index is -0.308. The van der Waals surface area contributed by atoms with Crippen LogP contribution in [-0.4, -0.2) is 50.8 Å². The summed E-state index contributed by atoms with van der Waals surface area (Å²) in [5.41, 5.74) is 10.7. The highest BCUT2D eigenvalue weighted by atomic mass is 16.6. The third-order valence-corrected chi connectivity index (χ3v) is 9.02. The molecule has 2 aliphatic heterocycles. The van der Waals surface area contributed by atoms with Crippen molar-refractivity contribution in [2.75, 3.05) is 27.4 Å². The fourth-order valence-electron chi connectivity index (χ4n) is 6.45. The maximum absolute atomic E-state index is 5.90. The number of fused-ring (bicyclic) bond motifs is 3. The summed E-state index contributed by atoms with van der Waals surface area (Å²) in [6.45, 7) is 1.58. The largest absolute Gasteiger partial charge is 0.371 e. The Morgan fingerprint density at radius 2 is 1.41 bits per heavy atom. The highest BCUT2D eigenvalue weighted by Crippen LogP contribution is 2.43. The maximum Gasteiger partial charge on any atom is 0.118 e. The van der Waals surface area contributed by atoms with E-state index in [9.17, 15) is 0 Å². The van der Waals surface area contributed by atoms with Crippen LogP contribution in [0.3, 0.4) is 0 Å². The van der Waals surface area contributed by atoms with Gasteiger partial charge in [-0.05, 0) is 75.9 Å². The van der Waals surface area contributed by atoms with Crippen molar-refractivity contribution in [2.24, 2.45) is 0 Å². The summed E-state index contributed by atoms with van der Waals surface area (Å²) in [7, 11) is 3.59. The summed E-state index contributed by atoms with van der Waals surface area (Å²) in [6.07, 6.45) is 18.6. The van der Waals surface area contributed by atoms with Crippen LogP contribution in [0, 0.1) is 0 Å². The van der Waals surface area contributed by atoms with Gasteiger partial charge in [-0.15, -0.1) is 0 Å². The number of benzene rings is 2. The van der Waals surface area contributed by atoms with Crippen molar-refractivity contribution in [1.82, 2.24) is 0 Å². The van der Waals surface area contributed by atoms with E-state index in [-0.39, 0.29) is 23.4 Å². The zero-order valence-corrected chi connectivity index (χ0v) is 21.7. The average molecular weight is 495 g/mol. The lowest BCUT2D eigenvalue weighted by Crippen LogP contribution is -2.36. The van der Waals surface area contributed by atoms with Crippen LogP contribution >= 0.6 is 0 Å². The number of hydrogen-bond donors (Lipinski definition) is 0. The van der Waals surface area contributed by atoms with E-state index in [0.717, 1.165) is 45.3 Å². The molecule has 190 valence electrons. The predicted molar refractivity (Wildman–Crippen MR) is 145 cm³/mol. The Bertz CT molecular complexity index is 1360. The summed E-state index contributed by atoms with van der Waals surface area (Å²) >= 11 is 0. The number of ether oxygens (including phenoxy) is 4. The Kier molecular flexibility index (Phi) is 5.63. The van der Waals surface area contributed by atoms with Crippen LogP contribution < -0.4 is 0 Å². The molecule has 2 saturated heterocycles. The maximum atomic E-state index is 5.90. The molecule has 3 aliphatic carbocycles. The molecule has 0 bridgehead atoms. The van der Waals surface area contributed by atoms with E-state index in [2.05, 4.69) is 72.9 Å². The van der Waals surface area contributed by atoms with Gasteiger partial charge in [0.15, 0.2) is 0 Å². The van der Waals surface area contributed by atoms with Gasteiger partial charge < -0.3 is 18.9 Å². The summed E-state index contributed by atoms with van der Waals surface area (Å²) in [4.78, 5) is 0. The van der Waals surface area contributed by atoms with Crippen molar-refractivity contribution in [3.63, 3.8) is 0 Å². The first-order chi connectivity index (χ1) is 18.1. The lowest BCUT2D eigenvalue weighted by atomic mass is 9.83. The predicted octanol–water partition coefficient (Wildman–Crippen LogP) is 5.68. The van der Waals surface area contributed by atoms with Crippen LogP contribution in [0.1, 0.15) is 35.1 Å². The number of rotatable bonds is 8. The molecule has 0 amide bonds. The normalized spacial score (nSPS) is 31.0. The number of hydrogen-bond acceptors (Lipinski definition) is 4. The van der Waals surface area contributed by atoms with E-state index in [1.54, 1.807) is 14.2 Å². The Labute approximate surface area is 219 Å². The van der Waals surface area contributed by atoms with Crippen LogP contribution in [-0.2, 0) is 38.2 Å². The molecule has 0 aromatic heterocycles. The lowest BCUT2D eigenvalue weighted by Gasteiger charge is -2.30. The summed E-state index contributed by atoms with van der Waals surface area (Å²) in [5, 5.41) is 0. The average Bonchev–Trinajstić information content (AvgIpc) is 3.87. The minimum Gasteiger partial charge on any atom is -0.371 e. The lowest BCUT2D eigenvalue weighted by molar-refractivity contribution is 0.00955. The first-order valence-electron chi connectivity index (χ1n) is 13.4. The van der Waals surface area contributed by atoms with Crippen molar-refractivity contribution in [2.45, 2.75) is 55.5 Å². The standard InChI is InChI=1S/C33H34O4/c1-34-32(30-20-36-30)13-9-22(10-14-32)17-25-7-8-27-26-6-4-3-5-24(26)19-29(27)28(25)18-23-11-15-33(35-2,16-12-23)31-21-37-31/h3-13,15,30-31H,14,16-21H2,1-2H3. The molecule has 7 rings (SSSR count). The van der Waals surface area contributed by atoms with Gasteiger partial charge >= 0.3 is 0 Å². The third-order valence-electron chi connectivity index (χ3n) is 9.02. The van der Waals surface area contributed by atoms with E-state index < -0.39 is 0 Å².